The summed E-state index contributed by atoms with van der Waals surface area (Å²) in [5.74, 6) is -0.485. The molecule has 0 radical (unpaired) electrons. The zero-order valence-corrected chi connectivity index (χ0v) is 13.2. The Balaban J connectivity index is 2.00. The van der Waals surface area contributed by atoms with Gasteiger partial charge in [0.15, 0.2) is 0 Å². The maximum absolute atomic E-state index is 12.2. The van der Waals surface area contributed by atoms with Gasteiger partial charge >= 0.3 is 6.09 Å². The number of ether oxygens (including phenoxy) is 1. The highest BCUT2D eigenvalue weighted by molar-refractivity contribution is 5.85. The van der Waals surface area contributed by atoms with E-state index < -0.39 is 23.8 Å². The lowest BCUT2D eigenvalue weighted by Gasteiger charge is -2.38. The Bertz CT molecular complexity index is 539. The van der Waals surface area contributed by atoms with Gasteiger partial charge in [0.2, 0.25) is 6.23 Å². The average molecular weight is 306 g/mol. The largest absolute Gasteiger partial charge is 0.444 e. The van der Waals surface area contributed by atoms with Crippen LogP contribution in [0.5, 0.6) is 0 Å². The van der Waals surface area contributed by atoms with Crippen molar-refractivity contribution in [2.24, 2.45) is 0 Å². The molecule has 1 saturated heterocycles. The number of amides is 2. The summed E-state index contributed by atoms with van der Waals surface area (Å²) in [6.07, 6.45) is -2.17. The molecular weight excluding hydrogens is 284 g/mol. The topological polar surface area (TPSA) is 70.1 Å². The second-order valence-electron chi connectivity index (χ2n) is 6.29. The molecule has 1 aromatic rings. The Labute approximate surface area is 130 Å². The van der Waals surface area contributed by atoms with E-state index >= 15 is 0 Å². The van der Waals surface area contributed by atoms with Crippen molar-refractivity contribution >= 4 is 12.0 Å². The summed E-state index contributed by atoms with van der Waals surface area (Å²) in [7, 11) is 0. The zero-order chi connectivity index (χ0) is 16.3. The van der Waals surface area contributed by atoms with Crippen LogP contribution in [-0.4, -0.2) is 51.8 Å². The van der Waals surface area contributed by atoms with Crippen molar-refractivity contribution in [2.45, 2.75) is 39.1 Å². The SMILES string of the molecule is CC(C)(C)OC(=O)N1CCN(Cc2ccccc2)C(=O)C1O. The van der Waals surface area contributed by atoms with Crippen LogP contribution in [0.15, 0.2) is 30.3 Å². The second-order valence-corrected chi connectivity index (χ2v) is 6.29. The molecule has 0 saturated carbocycles. The molecule has 1 atom stereocenters. The lowest BCUT2D eigenvalue weighted by atomic mass is 10.2. The van der Waals surface area contributed by atoms with E-state index in [1.807, 2.05) is 30.3 Å². The third-order valence-electron chi connectivity index (χ3n) is 3.28. The van der Waals surface area contributed by atoms with Gasteiger partial charge < -0.3 is 14.7 Å². The summed E-state index contributed by atoms with van der Waals surface area (Å²) in [4.78, 5) is 26.9. The first kappa shape index (κ1) is 16.3. The van der Waals surface area contributed by atoms with Gasteiger partial charge in [-0.3, -0.25) is 9.69 Å². The number of hydrogen-bond donors (Lipinski definition) is 1. The van der Waals surface area contributed by atoms with E-state index in [9.17, 15) is 14.7 Å². The van der Waals surface area contributed by atoms with Crippen LogP contribution in [0.3, 0.4) is 0 Å². The molecule has 2 amide bonds. The normalized spacial score (nSPS) is 19.3. The quantitative estimate of drug-likeness (QED) is 0.900. The van der Waals surface area contributed by atoms with E-state index in [0.29, 0.717) is 13.1 Å². The molecule has 0 aromatic heterocycles. The second kappa shape index (κ2) is 6.36. The van der Waals surface area contributed by atoms with Crippen LogP contribution in [0.4, 0.5) is 4.79 Å². The Hall–Kier alpha value is -2.08. The Kier molecular flexibility index (Phi) is 4.71. The predicted molar refractivity (Wildman–Crippen MR) is 80.8 cm³/mol. The van der Waals surface area contributed by atoms with Crippen LogP contribution >= 0.6 is 0 Å². The van der Waals surface area contributed by atoms with Gasteiger partial charge in [-0.15, -0.1) is 0 Å². The zero-order valence-electron chi connectivity index (χ0n) is 13.2. The minimum atomic E-state index is -1.49. The van der Waals surface area contributed by atoms with Crippen LogP contribution in [0.25, 0.3) is 0 Å². The molecule has 6 heteroatoms. The van der Waals surface area contributed by atoms with E-state index in [1.165, 1.54) is 0 Å². The molecular formula is C16H22N2O4. The van der Waals surface area contributed by atoms with Crippen LogP contribution in [0.2, 0.25) is 0 Å². The minimum absolute atomic E-state index is 0.245. The molecule has 0 bridgehead atoms. The summed E-state index contributed by atoms with van der Waals surface area (Å²) >= 11 is 0. The first-order chi connectivity index (χ1) is 10.3. The van der Waals surface area contributed by atoms with Crippen molar-refractivity contribution in [3.8, 4) is 0 Å². The van der Waals surface area contributed by atoms with Crippen LogP contribution < -0.4 is 0 Å². The molecule has 1 heterocycles. The maximum atomic E-state index is 12.2. The molecule has 0 spiro atoms. The van der Waals surface area contributed by atoms with E-state index in [0.717, 1.165) is 10.5 Å². The summed E-state index contributed by atoms with van der Waals surface area (Å²) in [6.45, 7) is 6.25. The molecule has 0 aliphatic carbocycles. The molecule has 6 nitrogen and oxygen atoms in total. The highest BCUT2D eigenvalue weighted by Crippen LogP contribution is 2.17. The molecule has 22 heavy (non-hydrogen) atoms. The molecule has 1 unspecified atom stereocenters. The molecule has 1 fully saturated rings. The first-order valence-corrected chi connectivity index (χ1v) is 7.28. The fourth-order valence-corrected chi connectivity index (χ4v) is 2.23. The van der Waals surface area contributed by atoms with Gasteiger partial charge in [-0.25, -0.2) is 4.79 Å². The Morgan fingerprint density at radius 2 is 1.91 bits per heavy atom. The average Bonchev–Trinajstić information content (AvgIpc) is 2.43. The molecule has 1 aromatic carbocycles. The van der Waals surface area contributed by atoms with Gasteiger partial charge in [-0.1, -0.05) is 30.3 Å². The standard InChI is InChI=1S/C16H22N2O4/c1-16(2,3)22-15(21)18-10-9-17(13(19)14(18)20)11-12-7-5-4-6-8-12/h4-8,14,20H,9-11H2,1-3H3. The van der Waals surface area contributed by atoms with Crippen molar-refractivity contribution in [1.29, 1.82) is 0 Å². The fourth-order valence-electron chi connectivity index (χ4n) is 2.23. The van der Waals surface area contributed by atoms with E-state index in [4.69, 9.17) is 4.74 Å². The number of rotatable bonds is 2. The third-order valence-corrected chi connectivity index (χ3v) is 3.28. The van der Waals surface area contributed by atoms with Gasteiger partial charge in [-0.05, 0) is 26.3 Å². The van der Waals surface area contributed by atoms with E-state index in [-0.39, 0.29) is 6.54 Å². The van der Waals surface area contributed by atoms with Crippen molar-refractivity contribution < 1.29 is 19.4 Å². The number of nitrogens with zero attached hydrogens (tertiary/aromatic N) is 2. The monoisotopic (exact) mass is 306 g/mol. The van der Waals surface area contributed by atoms with Gasteiger partial charge in [-0.2, -0.15) is 0 Å². The van der Waals surface area contributed by atoms with Crippen molar-refractivity contribution in [1.82, 2.24) is 9.80 Å². The van der Waals surface area contributed by atoms with Gasteiger partial charge in [0, 0.05) is 19.6 Å². The maximum Gasteiger partial charge on any atom is 0.412 e. The van der Waals surface area contributed by atoms with Crippen molar-refractivity contribution in [2.75, 3.05) is 13.1 Å². The number of carbonyl (C=O) groups excluding carboxylic acids is 2. The van der Waals surface area contributed by atoms with Crippen LogP contribution in [0.1, 0.15) is 26.3 Å². The van der Waals surface area contributed by atoms with Gasteiger partial charge in [0.1, 0.15) is 5.60 Å². The third kappa shape index (κ3) is 3.98. The highest BCUT2D eigenvalue weighted by Gasteiger charge is 2.38. The van der Waals surface area contributed by atoms with E-state index in [1.54, 1.807) is 25.7 Å². The number of aliphatic hydroxyl groups excluding tert-OH is 1. The summed E-state index contributed by atoms with van der Waals surface area (Å²) < 4.78 is 5.21. The molecule has 1 aliphatic rings. The van der Waals surface area contributed by atoms with Crippen molar-refractivity contribution in [3.05, 3.63) is 35.9 Å². The molecule has 1 aliphatic heterocycles. The summed E-state index contributed by atoms with van der Waals surface area (Å²) in [6, 6.07) is 9.53. The minimum Gasteiger partial charge on any atom is -0.444 e. The Morgan fingerprint density at radius 1 is 1.27 bits per heavy atom. The van der Waals surface area contributed by atoms with Crippen LogP contribution in [0, 0.1) is 0 Å². The van der Waals surface area contributed by atoms with Gasteiger partial charge in [0.25, 0.3) is 5.91 Å². The lowest BCUT2D eigenvalue weighted by Crippen LogP contribution is -2.59. The summed E-state index contributed by atoms with van der Waals surface area (Å²) in [5, 5.41) is 10.1. The van der Waals surface area contributed by atoms with Gasteiger partial charge in [0.05, 0.1) is 0 Å². The Morgan fingerprint density at radius 3 is 2.50 bits per heavy atom. The highest BCUT2D eigenvalue weighted by atomic mass is 16.6. The molecule has 2 rings (SSSR count). The first-order valence-electron chi connectivity index (χ1n) is 7.28. The molecule has 1 N–H and O–H groups in total. The number of aliphatic hydroxyl groups is 1. The number of piperazine rings is 1. The number of hydrogen-bond acceptors (Lipinski definition) is 4. The number of benzene rings is 1. The number of carbonyl (C=O) groups is 2. The van der Waals surface area contributed by atoms with E-state index in [2.05, 4.69) is 0 Å². The predicted octanol–water partition coefficient (Wildman–Crippen LogP) is 1.58. The molecule has 120 valence electrons. The lowest BCUT2D eigenvalue weighted by molar-refractivity contribution is -0.157. The fraction of sp³-hybridized carbons (Fsp3) is 0.500. The van der Waals surface area contributed by atoms with Crippen molar-refractivity contribution in [3.63, 3.8) is 0 Å². The van der Waals surface area contributed by atoms with Crippen LogP contribution in [-0.2, 0) is 16.1 Å². The summed E-state index contributed by atoms with van der Waals surface area (Å²) in [5.41, 5.74) is 0.315. The smallest absolute Gasteiger partial charge is 0.412 e.